The van der Waals surface area contributed by atoms with E-state index in [1.165, 1.54) is 18.2 Å². The lowest BCUT2D eigenvalue weighted by atomic mass is 9.78. The summed E-state index contributed by atoms with van der Waals surface area (Å²) in [5, 5.41) is 0.497. The quantitative estimate of drug-likeness (QED) is 0.413. The molecule has 0 atom stereocenters. The van der Waals surface area contributed by atoms with Crippen LogP contribution in [0.2, 0.25) is 10.0 Å². The number of carbonyl (C=O) groups excluding carboxylic acids is 3. The van der Waals surface area contributed by atoms with Crippen LogP contribution in [0, 0.1) is 0 Å². The summed E-state index contributed by atoms with van der Waals surface area (Å²) in [5.74, 6) is -1.40. The van der Waals surface area contributed by atoms with E-state index in [0.29, 0.717) is 10.6 Å². The van der Waals surface area contributed by atoms with Crippen molar-refractivity contribution < 1.29 is 14.4 Å². The number of Topliss-reactive ketones (excluding diaryl/α,β-unsaturated/α-hetero) is 3. The zero-order valence-corrected chi connectivity index (χ0v) is 15.9. The number of hydrogen-bond acceptors (Lipinski definition) is 3. The Kier molecular flexibility index (Phi) is 4.71. The molecule has 136 valence electrons. The molecule has 0 amide bonds. The van der Waals surface area contributed by atoms with Crippen LogP contribution in [0.4, 0.5) is 0 Å². The van der Waals surface area contributed by atoms with Gasteiger partial charge in [-0.3, -0.25) is 14.4 Å². The number of halogens is 2. The summed E-state index contributed by atoms with van der Waals surface area (Å²) in [6.07, 6.45) is 0. The van der Waals surface area contributed by atoms with Gasteiger partial charge >= 0.3 is 0 Å². The Labute approximate surface area is 171 Å². The molecule has 0 bridgehead atoms. The van der Waals surface area contributed by atoms with E-state index in [4.69, 9.17) is 23.2 Å². The van der Waals surface area contributed by atoms with Crippen LogP contribution < -0.4 is 0 Å². The fourth-order valence-electron chi connectivity index (χ4n) is 3.25. The molecule has 0 aromatic heterocycles. The Balaban J connectivity index is 1.98. The van der Waals surface area contributed by atoms with Gasteiger partial charge in [0.1, 0.15) is 0 Å². The maximum Gasteiger partial charge on any atom is 0.198 e. The van der Waals surface area contributed by atoms with E-state index in [0.717, 1.165) is 0 Å². The first-order valence-electron chi connectivity index (χ1n) is 8.47. The molecule has 1 aliphatic carbocycles. The number of ketones is 3. The molecule has 0 saturated carbocycles. The Hall–Kier alpha value is -3.01. The number of carbonyl (C=O) groups is 3. The second kappa shape index (κ2) is 7.19. The van der Waals surface area contributed by atoms with Crippen molar-refractivity contribution >= 4 is 46.1 Å². The van der Waals surface area contributed by atoms with E-state index in [2.05, 4.69) is 0 Å². The normalized spacial score (nSPS) is 13.5. The number of allylic oxidation sites excluding steroid dienone is 2. The number of hydrogen-bond donors (Lipinski definition) is 0. The van der Waals surface area contributed by atoms with E-state index in [-0.39, 0.29) is 38.6 Å². The van der Waals surface area contributed by atoms with Crippen LogP contribution in [0.1, 0.15) is 36.6 Å². The van der Waals surface area contributed by atoms with Crippen LogP contribution in [0.5, 0.6) is 0 Å². The number of rotatable bonds is 3. The van der Waals surface area contributed by atoms with Crippen molar-refractivity contribution in [3.8, 4) is 0 Å². The van der Waals surface area contributed by atoms with Crippen LogP contribution in [0.25, 0.3) is 5.57 Å². The van der Waals surface area contributed by atoms with E-state index in [9.17, 15) is 14.4 Å². The van der Waals surface area contributed by atoms with Gasteiger partial charge in [-0.1, -0.05) is 77.8 Å². The Morgan fingerprint density at radius 1 is 0.679 bits per heavy atom. The largest absolute Gasteiger partial charge is 0.289 e. The predicted molar refractivity (Wildman–Crippen MR) is 109 cm³/mol. The van der Waals surface area contributed by atoms with Crippen LogP contribution in [0.3, 0.4) is 0 Å². The zero-order chi connectivity index (χ0) is 19.8. The Bertz CT molecular complexity index is 1180. The van der Waals surface area contributed by atoms with Crippen molar-refractivity contribution in [1.82, 2.24) is 0 Å². The molecule has 3 aromatic rings. The van der Waals surface area contributed by atoms with E-state index in [1.807, 2.05) is 0 Å². The van der Waals surface area contributed by atoms with Crippen LogP contribution in [-0.2, 0) is 0 Å². The smallest absolute Gasteiger partial charge is 0.198 e. The highest BCUT2D eigenvalue weighted by atomic mass is 35.5. The highest BCUT2D eigenvalue weighted by Gasteiger charge is 2.36. The minimum atomic E-state index is -0.565. The second-order valence-corrected chi connectivity index (χ2v) is 7.09. The van der Waals surface area contributed by atoms with Gasteiger partial charge in [0, 0.05) is 22.3 Å². The molecule has 0 unspecified atom stereocenters. The van der Waals surface area contributed by atoms with E-state index >= 15 is 0 Å². The summed E-state index contributed by atoms with van der Waals surface area (Å²) in [5.41, 5.74) is 1.15. The van der Waals surface area contributed by atoms with Crippen LogP contribution >= 0.6 is 23.2 Å². The molecule has 0 heterocycles. The highest BCUT2D eigenvalue weighted by Crippen LogP contribution is 2.35. The molecule has 3 aromatic carbocycles. The molecule has 28 heavy (non-hydrogen) atoms. The monoisotopic (exact) mass is 406 g/mol. The average Bonchev–Trinajstić information content (AvgIpc) is 2.72. The van der Waals surface area contributed by atoms with Crippen LogP contribution in [-0.4, -0.2) is 17.3 Å². The van der Waals surface area contributed by atoms with E-state index in [1.54, 1.807) is 54.6 Å². The summed E-state index contributed by atoms with van der Waals surface area (Å²) in [6, 6.07) is 19.6. The lowest BCUT2D eigenvalue weighted by molar-refractivity contribution is 0.0940. The molecular weight excluding hydrogens is 395 g/mol. The summed E-state index contributed by atoms with van der Waals surface area (Å²) in [4.78, 5) is 39.7. The van der Waals surface area contributed by atoms with Gasteiger partial charge < -0.3 is 0 Å². The molecule has 0 radical (unpaired) electrons. The topological polar surface area (TPSA) is 51.2 Å². The predicted octanol–water partition coefficient (Wildman–Crippen LogP) is 5.71. The summed E-state index contributed by atoms with van der Waals surface area (Å²) in [7, 11) is 0. The lowest BCUT2D eigenvalue weighted by Crippen LogP contribution is -2.26. The molecular formula is C23H12Cl2O3. The van der Waals surface area contributed by atoms with Gasteiger partial charge in [-0.25, -0.2) is 0 Å². The maximum atomic E-state index is 13.3. The van der Waals surface area contributed by atoms with Crippen molar-refractivity contribution in [3.05, 3.63) is 111 Å². The third kappa shape index (κ3) is 2.99. The van der Waals surface area contributed by atoms with Crippen molar-refractivity contribution in [3.63, 3.8) is 0 Å². The standard InChI is InChI=1S/C23H12Cl2O3/c24-17-11-10-14(12-18(17)25)21(26)20-19(13-6-2-1-3-7-13)22(27)15-8-4-5-9-16(15)23(20)28/h1-12H. The van der Waals surface area contributed by atoms with Crippen molar-refractivity contribution in [2.75, 3.05) is 0 Å². The summed E-state index contributed by atoms with van der Waals surface area (Å²) < 4.78 is 0. The van der Waals surface area contributed by atoms with Gasteiger partial charge in [-0.15, -0.1) is 0 Å². The molecule has 3 nitrogen and oxygen atoms in total. The first-order valence-corrected chi connectivity index (χ1v) is 9.22. The highest BCUT2D eigenvalue weighted by molar-refractivity contribution is 6.49. The molecule has 4 rings (SSSR count). The van der Waals surface area contributed by atoms with Crippen molar-refractivity contribution in [2.45, 2.75) is 0 Å². The molecule has 5 heteroatoms. The average molecular weight is 407 g/mol. The summed E-state index contributed by atoms with van der Waals surface area (Å²) in [6.45, 7) is 0. The SMILES string of the molecule is O=C(C1=C(c2ccccc2)C(=O)c2ccccc2C1=O)c1ccc(Cl)c(Cl)c1. The minimum absolute atomic E-state index is 0.0976. The van der Waals surface area contributed by atoms with E-state index < -0.39 is 11.6 Å². The molecule has 1 aliphatic rings. The molecule has 0 fully saturated rings. The van der Waals surface area contributed by atoms with Gasteiger partial charge in [0.25, 0.3) is 0 Å². The van der Waals surface area contributed by atoms with Gasteiger partial charge in [-0.2, -0.15) is 0 Å². The first kappa shape index (κ1) is 18.4. The van der Waals surface area contributed by atoms with Gasteiger partial charge in [0.05, 0.1) is 15.6 Å². The molecule has 0 aliphatic heterocycles. The number of fused-ring (bicyclic) bond motifs is 1. The minimum Gasteiger partial charge on any atom is -0.289 e. The molecule has 0 N–H and O–H groups in total. The Morgan fingerprint density at radius 3 is 1.93 bits per heavy atom. The fourth-order valence-corrected chi connectivity index (χ4v) is 3.55. The third-order valence-corrected chi connectivity index (χ3v) is 5.33. The third-order valence-electron chi connectivity index (χ3n) is 4.59. The lowest BCUT2D eigenvalue weighted by Gasteiger charge is -2.20. The maximum absolute atomic E-state index is 13.3. The van der Waals surface area contributed by atoms with Gasteiger partial charge in [0.15, 0.2) is 17.3 Å². The second-order valence-electron chi connectivity index (χ2n) is 6.28. The molecule has 0 spiro atoms. The van der Waals surface area contributed by atoms with Crippen molar-refractivity contribution in [1.29, 1.82) is 0 Å². The summed E-state index contributed by atoms with van der Waals surface area (Å²) >= 11 is 12.0. The Morgan fingerprint density at radius 2 is 1.29 bits per heavy atom. The van der Waals surface area contributed by atoms with Gasteiger partial charge in [-0.05, 0) is 23.8 Å². The van der Waals surface area contributed by atoms with Gasteiger partial charge in [0.2, 0.25) is 0 Å². The zero-order valence-electron chi connectivity index (χ0n) is 14.4. The van der Waals surface area contributed by atoms with Crippen LogP contribution in [0.15, 0.2) is 78.4 Å². The number of benzene rings is 3. The molecule has 0 saturated heterocycles. The fraction of sp³-hybridized carbons (Fsp3) is 0. The first-order chi connectivity index (χ1) is 13.5. The van der Waals surface area contributed by atoms with Crippen molar-refractivity contribution in [2.24, 2.45) is 0 Å².